The number of nitrogens with zero attached hydrogens (tertiary/aromatic N) is 2. The van der Waals surface area contributed by atoms with Crippen molar-refractivity contribution in [1.82, 2.24) is 9.88 Å². The van der Waals surface area contributed by atoms with Gasteiger partial charge >= 0.3 is 12.0 Å². The van der Waals surface area contributed by atoms with Crippen molar-refractivity contribution in [2.75, 3.05) is 18.5 Å². The first-order valence-corrected chi connectivity index (χ1v) is 9.70. The molecule has 0 unspecified atom stereocenters. The molecule has 6 nitrogen and oxygen atoms in total. The molecule has 1 aromatic heterocycles. The molecule has 0 aliphatic heterocycles. The molecule has 0 atom stereocenters. The van der Waals surface area contributed by atoms with Crippen LogP contribution in [0.4, 0.5) is 14.9 Å². The van der Waals surface area contributed by atoms with Crippen LogP contribution >= 0.6 is 11.3 Å². The number of aromatic nitrogens is 1. The topological polar surface area (TPSA) is 71.5 Å². The van der Waals surface area contributed by atoms with Gasteiger partial charge in [-0.3, -0.25) is 0 Å². The highest BCUT2D eigenvalue weighted by Gasteiger charge is 2.19. The van der Waals surface area contributed by atoms with Crippen molar-refractivity contribution in [3.8, 4) is 0 Å². The molecule has 1 heterocycles. The quantitative estimate of drug-likeness (QED) is 0.669. The number of ether oxygens (including phenoxy) is 1. The Hall–Kier alpha value is -2.48. The fourth-order valence-electron chi connectivity index (χ4n) is 2.27. The molecule has 146 valence electrons. The minimum atomic E-state index is -0.492. The zero-order valence-corrected chi connectivity index (χ0v) is 16.5. The predicted octanol–water partition coefficient (Wildman–Crippen LogP) is 4.54. The lowest BCUT2D eigenvalue weighted by atomic mass is 10.1. The van der Waals surface area contributed by atoms with Gasteiger partial charge in [0, 0.05) is 11.9 Å². The summed E-state index contributed by atoms with van der Waals surface area (Å²) in [6.45, 7) is 6.86. The van der Waals surface area contributed by atoms with E-state index in [1.165, 1.54) is 23.5 Å². The van der Waals surface area contributed by atoms with Crippen LogP contribution in [0.25, 0.3) is 0 Å². The van der Waals surface area contributed by atoms with E-state index < -0.39 is 17.8 Å². The number of carbonyl (C=O) groups excluding carboxylic acids is 2. The van der Waals surface area contributed by atoms with E-state index in [9.17, 15) is 14.0 Å². The second kappa shape index (κ2) is 10.0. The number of para-hydroxylation sites is 1. The van der Waals surface area contributed by atoms with Gasteiger partial charge in [-0.15, -0.1) is 11.3 Å². The largest absolute Gasteiger partial charge is 0.461 e. The van der Waals surface area contributed by atoms with Crippen LogP contribution in [0.2, 0.25) is 0 Å². The third-order valence-corrected chi connectivity index (χ3v) is 4.58. The second-order valence-electron chi connectivity index (χ2n) is 6.36. The summed E-state index contributed by atoms with van der Waals surface area (Å²) in [6.07, 6.45) is 0.792. The van der Waals surface area contributed by atoms with Gasteiger partial charge in [-0.05, 0) is 31.4 Å². The fraction of sp³-hybridized carbons (Fsp3) is 0.421. The number of rotatable bonds is 8. The molecule has 0 radical (unpaired) electrons. The lowest BCUT2D eigenvalue weighted by molar-refractivity contribution is 0.0520. The first kappa shape index (κ1) is 20.8. The third kappa shape index (κ3) is 6.32. The Morgan fingerprint density at radius 2 is 2.07 bits per heavy atom. The zero-order valence-electron chi connectivity index (χ0n) is 15.7. The lowest BCUT2D eigenvalue weighted by Gasteiger charge is -2.23. The van der Waals surface area contributed by atoms with Crippen molar-refractivity contribution in [1.29, 1.82) is 0 Å². The normalized spacial score (nSPS) is 10.7. The van der Waals surface area contributed by atoms with E-state index >= 15 is 0 Å². The highest BCUT2D eigenvalue weighted by atomic mass is 32.1. The molecule has 2 aromatic rings. The number of amides is 2. The number of urea groups is 1. The minimum absolute atomic E-state index is 0.128. The Labute approximate surface area is 162 Å². The maximum atomic E-state index is 13.8. The van der Waals surface area contributed by atoms with Gasteiger partial charge in [0.2, 0.25) is 0 Å². The number of carbonyl (C=O) groups is 2. The molecular formula is C19H24FN3O3S. The Morgan fingerprint density at radius 1 is 1.33 bits per heavy atom. The Kier molecular flexibility index (Phi) is 7.72. The van der Waals surface area contributed by atoms with Gasteiger partial charge in [0.15, 0.2) is 5.69 Å². The molecule has 8 heteroatoms. The Balaban J connectivity index is 2.10. The number of hydrogen-bond donors (Lipinski definition) is 1. The van der Waals surface area contributed by atoms with Gasteiger partial charge < -0.3 is 15.0 Å². The van der Waals surface area contributed by atoms with Crippen molar-refractivity contribution in [3.63, 3.8) is 0 Å². The number of hydrogen-bond acceptors (Lipinski definition) is 5. The molecule has 1 N–H and O–H groups in total. The van der Waals surface area contributed by atoms with E-state index in [1.54, 1.807) is 29.3 Å². The molecule has 2 rings (SSSR count). The third-order valence-electron chi connectivity index (χ3n) is 3.74. The van der Waals surface area contributed by atoms with Gasteiger partial charge in [-0.25, -0.2) is 19.0 Å². The van der Waals surface area contributed by atoms with Crippen LogP contribution in [0.15, 0.2) is 29.6 Å². The molecule has 0 bridgehead atoms. The van der Waals surface area contributed by atoms with Crippen LogP contribution in [-0.4, -0.2) is 35.0 Å². The fourth-order valence-corrected chi connectivity index (χ4v) is 3.05. The molecule has 0 saturated carbocycles. The summed E-state index contributed by atoms with van der Waals surface area (Å²) in [5.74, 6) is -0.571. The summed E-state index contributed by atoms with van der Waals surface area (Å²) in [5.41, 5.74) is 0.360. The standard InChI is InChI=1S/C19H24FN3O3S/c1-4-26-18(24)16-12-27-17(21-16)11-23(10-9-13(2)3)19(25)22-15-8-6-5-7-14(15)20/h5-8,12-13H,4,9-11H2,1-3H3,(H,22,25). The number of thiazole rings is 1. The molecule has 2 amide bonds. The zero-order chi connectivity index (χ0) is 19.8. The molecule has 0 saturated heterocycles. The molecule has 0 aliphatic carbocycles. The summed E-state index contributed by atoms with van der Waals surface area (Å²) in [4.78, 5) is 30.2. The number of halogens is 1. The van der Waals surface area contributed by atoms with Crippen LogP contribution < -0.4 is 5.32 Å². The molecule has 0 fully saturated rings. The monoisotopic (exact) mass is 393 g/mol. The Bertz CT molecular complexity index is 779. The number of benzene rings is 1. The SMILES string of the molecule is CCOC(=O)c1csc(CN(CCC(C)C)C(=O)Nc2ccccc2F)n1. The summed E-state index contributed by atoms with van der Waals surface area (Å²) in [6, 6.07) is 5.61. The molecule has 1 aromatic carbocycles. The van der Waals surface area contributed by atoms with Crippen LogP contribution in [0.5, 0.6) is 0 Å². The van der Waals surface area contributed by atoms with Crippen molar-refractivity contribution >= 4 is 29.0 Å². The highest BCUT2D eigenvalue weighted by Crippen LogP contribution is 2.17. The highest BCUT2D eigenvalue weighted by molar-refractivity contribution is 7.09. The van der Waals surface area contributed by atoms with Crippen molar-refractivity contribution in [2.45, 2.75) is 33.7 Å². The molecule has 0 aliphatic rings. The lowest BCUT2D eigenvalue weighted by Crippen LogP contribution is -2.36. The maximum Gasteiger partial charge on any atom is 0.357 e. The maximum absolute atomic E-state index is 13.8. The van der Waals surface area contributed by atoms with Gasteiger partial charge in [-0.2, -0.15) is 0 Å². The smallest absolute Gasteiger partial charge is 0.357 e. The van der Waals surface area contributed by atoms with Crippen LogP contribution in [0.3, 0.4) is 0 Å². The average Bonchev–Trinajstić information content (AvgIpc) is 3.09. The van der Waals surface area contributed by atoms with Gasteiger partial charge in [0.1, 0.15) is 10.8 Å². The number of anilines is 1. The van der Waals surface area contributed by atoms with Gasteiger partial charge in [0.05, 0.1) is 18.8 Å². The van der Waals surface area contributed by atoms with E-state index in [1.807, 2.05) is 0 Å². The second-order valence-corrected chi connectivity index (χ2v) is 7.30. The minimum Gasteiger partial charge on any atom is -0.461 e. The number of nitrogens with one attached hydrogen (secondary N) is 1. The van der Waals surface area contributed by atoms with Crippen molar-refractivity contribution < 1.29 is 18.7 Å². The Morgan fingerprint density at radius 3 is 2.74 bits per heavy atom. The van der Waals surface area contributed by atoms with E-state index in [-0.39, 0.29) is 24.5 Å². The molecular weight excluding hydrogens is 369 g/mol. The predicted molar refractivity (Wildman–Crippen MR) is 103 cm³/mol. The summed E-state index contributed by atoms with van der Waals surface area (Å²) in [5, 5.41) is 4.83. The number of esters is 1. The van der Waals surface area contributed by atoms with Gasteiger partial charge in [-0.1, -0.05) is 26.0 Å². The molecule has 0 spiro atoms. The summed E-state index contributed by atoms with van der Waals surface area (Å²) >= 11 is 1.29. The van der Waals surface area contributed by atoms with Crippen molar-refractivity contribution in [2.24, 2.45) is 5.92 Å². The van der Waals surface area contributed by atoms with Crippen LogP contribution in [0, 0.1) is 11.7 Å². The van der Waals surface area contributed by atoms with E-state index in [0.29, 0.717) is 17.5 Å². The first-order chi connectivity index (χ1) is 12.9. The summed E-state index contributed by atoms with van der Waals surface area (Å²) in [7, 11) is 0. The summed E-state index contributed by atoms with van der Waals surface area (Å²) < 4.78 is 18.8. The van der Waals surface area contributed by atoms with Crippen molar-refractivity contribution in [3.05, 3.63) is 46.2 Å². The average molecular weight is 393 g/mol. The van der Waals surface area contributed by atoms with E-state index in [0.717, 1.165) is 6.42 Å². The van der Waals surface area contributed by atoms with Gasteiger partial charge in [0.25, 0.3) is 0 Å². The van der Waals surface area contributed by atoms with E-state index in [2.05, 4.69) is 24.1 Å². The first-order valence-electron chi connectivity index (χ1n) is 8.82. The van der Waals surface area contributed by atoms with Crippen LogP contribution in [0.1, 0.15) is 42.7 Å². The van der Waals surface area contributed by atoms with E-state index in [4.69, 9.17) is 4.74 Å². The molecule has 27 heavy (non-hydrogen) atoms. The van der Waals surface area contributed by atoms with Crippen LogP contribution in [-0.2, 0) is 11.3 Å².